The van der Waals surface area contributed by atoms with Crippen molar-refractivity contribution in [3.8, 4) is 78.4 Å². The van der Waals surface area contributed by atoms with Crippen LogP contribution >= 0.6 is 0 Å². The Morgan fingerprint density at radius 2 is 0.879 bits per heavy atom. The zero-order valence-electron chi connectivity index (χ0n) is 36.9. The molecule has 0 amide bonds. The zero-order valence-corrected chi connectivity index (χ0v) is 36.9. The number of aromatic nitrogens is 2. The first-order valence-corrected chi connectivity index (χ1v) is 24.1. The minimum atomic E-state index is 0.0984. The summed E-state index contributed by atoms with van der Waals surface area (Å²) in [6.45, 7) is 0. The first-order valence-electron chi connectivity index (χ1n) is 24.1. The lowest BCUT2D eigenvalue weighted by Gasteiger charge is -2.61. The summed E-state index contributed by atoms with van der Waals surface area (Å²) >= 11 is 0. The number of hydrogen-bond donors (Lipinski definition) is 0. The SMILES string of the molecule is c1ccc(-c2ccc(-c3cc(-c4cccc(-c5ccc(-c6cccc7c6-c6cc8ccccc8cc6C76C7CC8CC(C7)CC6C8)c6ccccc56)c4)nc(-c4ccccc4)n3)cc2)cc1. The predicted octanol–water partition coefficient (Wildman–Crippen LogP) is 16.5. The normalized spacial score (nSPS) is 21.1. The molecule has 1 aromatic heterocycles. The quantitative estimate of drug-likeness (QED) is 0.167. The maximum absolute atomic E-state index is 5.24. The summed E-state index contributed by atoms with van der Waals surface area (Å²) < 4.78 is 0. The second kappa shape index (κ2) is 14.8. The average molecular weight is 845 g/mol. The number of hydrogen-bond acceptors (Lipinski definition) is 2. The Balaban J connectivity index is 0.897. The van der Waals surface area contributed by atoms with Crippen molar-refractivity contribution in [3.63, 3.8) is 0 Å². The van der Waals surface area contributed by atoms with Crippen LogP contribution in [0.25, 0.3) is 100.0 Å². The number of rotatable bonds is 6. The van der Waals surface area contributed by atoms with E-state index in [0.29, 0.717) is 11.8 Å². The molecule has 314 valence electrons. The molecule has 0 saturated heterocycles. The maximum atomic E-state index is 5.24. The lowest BCUT2D eigenvalue weighted by molar-refractivity contribution is -0.0398. The molecule has 0 N–H and O–H groups in total. The topological polar surface area (TPSA) is 25.8 Å². The fourth-order valence-corrected chi connectivity index (χ4v) is 13.7. The van der Waals surface area contributed by atoms with Crippen LogP contribution in [0.2, 0.25) is 0 Å². The standard InChI is InChI=1S/C64H48N2/c1-3-13-42(14-4-1)43-25-27-44(28-26-43)60-39-61(66-63(65-60)45-15-5-2-6-16-45)49-20-11-19-48(36-49)52-29-30-55(54-22-10-9-21-53(52)54)56-23-12-24-58-62(56)57-37-46-17-7-8-18-47(46)38-59(57)64(58)50-32-40-31-41(34-50)35-51(64)33-40/h1-30,36-41,50-51H,31-35H2. The van der Waals surface area contributed by atoms with Gasteiger partial charge >= 0.3 is 0 Å². The molecule has 15 rings (SSSR count). The van der Waals surface area contributed by atoms with Gasteiger partial charge in [-0.3, -0.25) is 0 Å². The Hall–Kier alpha value is -7.42. The van der Waals surface area contributed by atoms with Crippen molar-refractivity contribution in [3.05, 3.63) is 217 Å². The van der Waals surface area contributed by atoms with E-state index >= 15 is 0 Å². The summed E-state index contributed by atoms with van der Waals surface area (Å²) in [6, 6.07) is 76.2. The molecule has 4 fully saturated rings. The van der Waals surface area contributed by atoms with Gasteiger partial charge in [0.05, 0.1) is 11.4 Å². The monoisotopic (exact) mass is 844 g/mol. The van der Waals surface area contributed by atoms with Crippen molar-refractivity contribution in [2.75, 3.05) is 0 Å². The Morgan fingerprint density at radius 1 is 0.333 bits per heavy atom. The van der Waals surface area contributed by atoms with Crippen molar-refractivity contribution < 1.29 is 0 Å². The summed E-state index contributed by atoms with van der Waals surface area (Å²) in [4.78, 5) is 10.4. The fourth-order valence-electron chi connectivity index (χ4n) is 13.7. The van der Waals surface area contributed by atoms with Gasteiger partial charge in [0.1, 0.15) is 0 Å². The van der Waals surface area contributed by atoms with Crippen molar-refractivity contribution in [2.24, 2.45) is 23.7 Å². The van der Waals surface area contributed by atoms with Gasteiger partial charge in [0, 0.05) is 22.1 Å². The van der Waals surface area contributed by atoms with Crippen LogP contribution < -0.4 is 0 Å². The first-order chi connectivity index (χ1) is 32.7. The largest absolute Gasteiger partial charge is 0.228 e. The Labute approximate surface area is 386 Å². The maximum Gasteiger partial charge on any atom is 0.160 e. The fraction of sp³-hybridized carbons (Fsp3) is 0.156. The molecule has 2 heteroatoms. The van der Waals surface area contributed by atoms with E-state index in [9.17, 15) is 0 Å². The molecule has 9 aromatic carbocycles. The van der Waals surface area contributed by atoms with Crippen molar-refractivity contribution in [1.29, 1.82) is 0 Å². The van der Waals surface area contributed by atoms with Gasteiger partial charge < -0.3 is 0 Å². The second-order valence-electron chi connectivity index (χ2n) is 19.7. The number of nitrogens with zero attached hydrogens (tertiary/aromatic N) is 2. The van der Waals surface area contributed by atoms with Crippen LogP contribution in [0.15, 0.2) is 206 Å². The Morgan fingerprint density at radius 3 is 1.61 bits per heavy atom. The third-order valence-corrected chi connectivity index (χ3v) is 16.3. The molecule has 4 bridgehead atoms. The molecule has 1 spiro atoms. The van der Waals surface area contributed by atoms with Crippen LogP contribution in [-0.2, 0) is 5.41 Å². The molecular weight excluding hydrogens is 797 g/mol. The van der Waals surface area contributed by atoms with Crippen molar-refractivity contribution >= 4 is 21.5 Å². The summed E-state index contributed by atoms with van der Waals surface area (Å²) in [7, 11) is 0. The molecule has 5 aliphatic carbocycles. The number of benzene rings is 9. The Bertz CT molecular complexity index is 3500. The van der Waals surface area contributed by atoms with Gasteiger partial charge in [-0.15, -0.1) is 0 Å². The summed E-state index contributed by atoms with van der Waals surface area (Å²) in [6.07, 6.45) is 6.98. The molecule has 0 radical (unpaired) electrons. The highest BCUT2D eigenvalue weighted by atomic mass is 14.9. The van der Waals surface area contributed by atoms with E-state index < -0.39 is 0 Å². The molecule has 4 saturated carbocycles. The lowest BCUT2D eigenvalue weighted by Crippen LogP contribution is -2.55. The molecule has 5 aliphatic rings. The van der Waals surface area contributed by atoms with Crippen LogP contribution in [-0.4, -0.2) is 9.97 Å². The van der Waals surface area contributed by atoms with Gasteiger partial charge in [0.15, 0.2) is 5.82 Å². The second-order valence-corrected chi connectivity index (χ2v) is 19.7. The van der Waals surface area contributed by atoms with Gasteiger partial charge in [-0.25, -0.2) is 9.97 Å². The third-order valence-electron chi connectivity index (χ3n) is 16.3. The average Bonchev–Trinajstić information content (AvgIpc) is 3.66. The van der Waals surface area contributed by atoms with E-state index in [1.165, 1.54) is 98.2 Å². The van der Waals surface area contributed by atoms with Crippen LogP contribution in [0.3, 0.4) is 0 Å². The van der Waals surface area contributed by atoms with Crippen LogP contribution in [0.4, 0.5) is 0 Å². The third kappa shape index (κ3) is 5.80. The minimum absolute atomic E-state index is 0.0984. The predicted molar refractivity (Wildman–Crippen MR) is 273 cm³/mol. The van der Waals surface area contributed by atoms with Gasteiger partial charge in [-0.2, -0.15) is 0 Å². The van der Waals surface area contributed by atoms with Crippen LogP contribution in [0, 0.1) is 23.7 Å². The summed E-state index contributed by atoms with van der Waals surface area (Å²) in [5.41, 5.74) is 18.7. The highest BCUT2D eigenvalue weighted by Crippen LogP contribution is 2.70. The first kappa shape index (κ1) is 37.9. The Kier molecular flexibility index (Phi) is 8.50. The minimum Gasteiger partial charge on any atom is -0.228 e. The van der Waals surface area contributed by atoms with E-state index in [1.54, 1.807) is 11.1 Å². The van der Waals surface area contributed by atoms with Crippen LogP contribution in [0.1, 0.15) is 43.2 Å². The van der Waals surface area contributed by atoms with E-state index in [-0.39, 0.29) is 5.41 Å². The molecule has 0 unspecified atom stereocenters. The van der Waals surface area contributed by atoms with Gasteiger partial charge in [0.2, 0.25) is 0 Å². The summed E-state index contributed by atoms with van der Waals surface area (Å²) in [5, 5.41) is 5.27. The molecule has 2 nitrogen and oxygen atoms in total. The molecule has 66 heavy (non-hydrogen) atoms. The molecule has 1 heterocycles. The van der Waals surface area contributed by atoms with E-state index in [4.69, 9.17) is 9.97 Å². The van der Waals surface area contributed by atoms with Crippen molar-refractivity contribution in [1.82, 2.24) is 9.97 Å². The smallest absolute Gasteiger partial charge is 0.160 e. The van der Waals surface area contributed by atoms with E-state index in [2.05, 4.69) is 200 Å². The summed E-state index contributed by atoms with van der Waals surface area (Å²) in [5.74, 6) is 3.96. The van der Waals surface area contributed by atoms with Crippen molar-refractivity contribution in [2.45, 2.75) is 37.5 Å². The van der Waals surface area contributed by atoms with Gasteiger partial charge in [-0.1, -0.05) is 182 Å². The number of fused-ring (bicyclic) bond motifs is 5. The van der Waals surface area contributed by atoms with Crippen LogP contribution in [0.5, 0.6) is 0 Å². The molecule has 0 aliphatic heterocycles. The molecule has 0 atom stereocenters. The highest BCUT2D eigenvalue weighted by molar-refractivity contribution is 6.09. The zero-order chi connectivity index (χ0) is 43.3. The van der Waals surface area contributed by atoms with E-state index in [0.717, 1.165) is 45.7 Å². The molecule has 10 aromatic rings. The lowest BCUT2D eigenvalue weighted by atomic mass is 9.43. The van der Waals surface area contributed by atoms with E-state index in [1.807, 2.05) is 6.07 Å². The van der Waals surface area contributed by atoms with Gasteiger partial charge in [-0.05, 0) is 157 Å². The van der Waals surface area contributed by atoms with Gasteiger partial charge in [0.25, 0.3) is 0 Å². The highest BCUT2D eigenvalue weighted by Gasteiger charge is 2.61. The molecular formula is C64H48N2.